The molecule has 2 aliphatic heterocycles. The van der Waals surface area contributed by atoms with E-state index in [-0.39, 0.29) is 11.5 Å². The number of hydrogen-bond donors (Lipinski definition) is 0. The zero-order chi connectivity index (χ0) is 23.6. The summed E-state index contributed by atoms with van der Waals surface area (Å²) in [5.74, 6) is 2.05. The molecule has 1 aromatic heterocycles. The third-order valence-corrected chi connectivity index (χ3v) is 7.98. The summed E-state index contributed by atoms with van der Waals surface area (Å²) in [7, 11) is 0. The van der Waals surface area contributed by atoms with Gasteiger partial charge in [0.2, 0.25) is 5.89 Å². The molecule has 174 valence electrons. The minimum Gasteiger partial charge on any atom is -0.437 e. The van der Waals surface area contributed by atoms with Gasteiger partial charge in [-0.2, -0.15) is 4.98 Å². The van der Waals surface area contributed by atoms with E-state index in [1.807, 2.05) is 78.5 Å². The number of benzene rings is 3. The maximum Gasteiger partial charge on any atom is 0.284 e. The van der Waals surface area contributed by atoms with Gasteiger partial charge < -0.3 is 9.32 Å². The Morgan fingerprint density at radius 2 is 1.40 bits per heavy atom. The van der Waals surface area contributed by atoms with Crippen LogP contribution in [-0.2, 0) is 0 Å². The highest BCUT2D eigenvalue weighted by molar-refractivity contribution is 8.03. The van der Waals surface area contributed by atoms with Crippen molar-refractivity contribution < 1.29 is 4.42 Å². The van der Waals surface area contributed by atoms with Crippen molar-refractivity contribution in [3.8, 4) is 22.5 Å². The van der Waals surface area contributed by atoms with Crippen LogP contribution < -0.4 is 5.56 Å². The van der Waals surface area contributed by atoms with E-state index in [1.165, 1.54) is 23.4 Å². The molecule has 0 amide bonds. The summed E-state index contributed by atoms with van der Waals surface area (Å²) in [6.45, 7) is 2.07. The number of likely N-dealkylation sites (tertiary alicyclic amines) is 1. The van der Waals surface area contributed by atoms with Crippen LogP contribution in [0.25, 0.3) is 28.0 Å². The van der Waals surface area contributed by atoms with Crippen molar-refractivity contribution >= 4 is 17.3 Å². The number of aromatic nitrogens is 1. The van der Waals surface area contributed by atoms with E-state index in [9.17, 15) is 4.79 Å². The second-order valence-electron chi connectivity index (χ2n) is 8.95. The van der Waals surface area contributed by atoms with Gasteiger partial charge in [-0.15, -0.1) is 11.8 Å². The topological polar surface area (TPSA) is 46.3 Å². The van der Waals surface area contributed by atoms with Crippen LogP contribution in [0.3, 0.4) is 0 Å². The summed E-state index contributed by atoms with van der Waals surface area (Å²) in [5.41, 5.74) is 4.20. The molecule has 0 spiro atoms. The minimum absolute atomic E-state index is 0.124. The van der Waals surface area contributed by atoms with Gasteiger partial charge in [0.1, 0.15) is 5.76 Å². The highest BCUT2D eigenvalue weighted by atomic mass is 32.2. The molecular weight excluding hydrogens is 452 g/mol. The lowest BCUT2D eigenvalue weighted by Crippen LogP contribution is -2.19. The van der Waals surface area contributed by atoms with E-state index in [0.717, 1.165) is 35.5 Å². The molecule has 6 rings (SSSR count). The summed E-state index contributed by atoms with van der Waals surface area (Å²) in [5, 5.41) is 1.21. The van der Waals surface area contributed by atoms with Gasteiger partial charge in [0, 0.05) is 30.3 Å². The second kappa shape index (κ2) is 9.59. The van der Waals surface area contributed by atoms with Gasteiger partial charge in [-0.25, -0.2) is 0 Å². The average molecular weight is 479 g/mol. The van der Waals surface area contributed by atoms with Crippen molar-refractivity contribution in [2.45, 2.75) is 18.8 Å². The molecule has 5 heteroatoms. The molecule has 1 fully saturated rings. The van der Waals surface area contributed by atoms with E-state index in [0.29, 0.717) is 17.2 Å². The van der Waals surface area contributed by atoms with Gasteiger partial charge in [0.15, 0.2) is 0 Å². The van der Waals surface area contributed by atoms with E-state index in [2.05, 4.69) is 34.1 Å². The van der Waals surface area contributed by atoms with E-state index in [1.54, 1.807) is 0 Å². The average Bonchev–Trinajstić information content (AvgIpc) is 3.60. The molecule has 2 aliphatic rings. The lowest BCUT2D eigenvalue weighted by molar-refractivity contribution is 0.453. The monoisotopic (exact) mass is 478 g/mol. The first-order valence-electron chi connectivity index (χ1n) is 12.1. The van der Waals surface area contributed by atoms with Gasteiger partial charge in [-0.3, -0.25) is 4.79 Å². The Kier molecular flexibility index (Phi) is 6.01. The molecule has 0 radical (unpaired) electrons. The standard InChI is InChI=1S/C30H26N2O2S/c33-28-25(22-14-6-2-7-15-22)27(23-16-8-3-9-17-23)34-29(31-28)26-24(21-12-4-1-5-13-21)20-35-30(26)32-18-10-11-19-32/h1-9,12-17,24H,10-11,18-20H2. The summed E-state index contributed by atoms with van der Waals surface area (Å²) < 4.78 is 6.65. The maximum atomic E-state index is 13.6. The molecule has 0 N–H and O–H groups in total. The van der Waals surface area contributed by atoms with Gasteiger partial charge in [-0.1, -0.05) is 91.0 Å². The molecule has 0 saturated carbocycles. The second-order valence-corrected chi connectivity index (χ2v) is 9.96. The van der Waals surface area contributed by atoms with Crippen LogP contribution in [0.1, 0.15) is 30.2 Å². The highest BCUT2D eigenvalue weighted by Crippen LogP contribution is 2.49. The molecule has 1 unspecified atom stereocenters. The molecule has 3 heterocycles. The Hall–Kier alpha value is -3.57. The van der Waals surface area contributed by atoms with Gasteiger partial charge in [0.05, 0.1) is 16.2 Å². The minimum atomic E-state index is -0.256. The molecule has 0 aliphatic carbocycles. The summed E-state index contributed by atoms with van der Waals surface area (Å²) in [4.78, 5) is 20.7. The summed E-state index contributed by atoms with van der Waals surface area (Å²) in [6, 6.07) is 30.1. The number of allylic oxidation sites excluding steroid dienone is 1. The Morgan fingerprint density at radius 1 is 0.800 bits per heavy atom. The fourth-order valence-corrected chi connectivity index (χ4v) is 6.46. The number of rotatable bonds is 5. The van der Waals surface area contributed by atoms with Gasteiger partial charge in [0.25, 0.3) is 5.56 Å². The van der Waals surface area contributed by atoms with Crippen LogP contribution >= 0.6 is 11.8 Å². The molecule has 4 nitrogen and oxygen atoms in total. The van der Waals surface area contributed by atoms with Crippen LogP contribution in [0, 0.1) is 0 Å². The zero-order valence-electron chi connectivity index (χ0n) is 19.4. The quantitative estimate of drug-likeness (QED) is 0.321. The Labute approximate surface area is 209 Å². The largest absolute Gasteiger partial charge is 0.437 e. The Morgan fingerprint density at radius 3 is 2.06 bits per heavy atom. The van der Waals surface area contributed by atoms with Crippen LogP contribution in [0.4, 0.5) is 0 Å². The summed E-state index contributed by atoms with van der Waals surface area (Å²) >= 11 is 1.86. The predicted octanol–water partition coefficient (Wildman–Crippen LogP) is 6.66. The van der Waals surface area contributed by atoms with Crippen LogP contribution in [0.15, 0.2) is 105 Å². The third-order valence-electron chi connectivity index (χ3n) is 6.73. The Bertz CT molecular complexity index is 1410. The number of hydrogen-bond acceptors (Lipinski definition) is 5. The maximum absolute atomic E-state index is 13.6. The number of thioether (sulfide) groups is 1. The Balaban J connectivity index is 1.58. The molecule has 1 saturated heterocycles. The van der Waals surface area contributed by atoms with Crippen molar-refractivity contribution in [2.24, 2.45) is 0 Å². The van der Waals surface area contributed by atoms with Crippen molar-refractivity contribution in [1.82, 2.24) is 9.88 Å². The zero-order valence-corrected chi connectivity index (χ0v) is 20.2. The van der Waals surface area contributed by atoms with E-state index < -0.39 is 0 Å². The molecule has 1 atom stereocenters. The lowest BCUT2D eigenvalue weighted by atomic mass is 9.93. The first-order valence-corrected chi connectivity index (χ1v) is 13.1. The van der Waals surface area contributed by atoms with Crippen molar-refractivity contribution in [1.29, 1.82) is 0 Å². The predicted molar refractivity (Wildman–Crippen MR) is 143 cm³/mol. The fourth-order valence-electron chi connectivity index (χ4n) is 5.03. The molecular formula is C30H26N2O2S. The first kappa shape index (κ1) is 21.9. The van der Waals surface area contributed by atoms with Gasteiger partial charge >= 0.3 is 0 Å². The van der Waals surface area contributed by atoms with Crippen LogP contribution in [0.5, 0.6) is 0 Å². The lowest BCUT2D eigenvalue weighted by Gasteiger charge is -2.21. The summed E-state index contributed by atoms with van der Waals surface area (Å²) in [6.07, 6.45) is 2.37. The van der Waals surface area contributed by atoms with Crippen LogP contribution in [-0.4, -0.2) is 28.7 Å². The molecule has 0 bridgehead atoms. The van der Waals surface area contributed by atoms with Gasteiger partial charge in [-0.05, 0) is 24.0 Å². The first-order chi connectivity index (χ1) is 17.3. The molecule has 35 heavy (non-hydrogen) atoms. The van der Waals surface area contributed by atoms with E-state index >= 15 is 0 Å². The normalized spacial score (nSPS) is 17.8. The number of nitrogens with zero attached hydrogens (tertiary/aromatic N) is 2. The smallest absolute Gasteiger partial charge is 0.284 e. The van der Waals surface area contributed by atoms with Crippen molar-refractivity contribution in [3.05, 3.63) is 118 Å². The highest BCUT2D eigenvalue weighted by Gasteiger charge is 2.35. The van der Waals surface area contributed by atoms with Crippen molar-refractivity contribution in [2.75, 3.05) is 18.8 Å². The van der Waals surface area contributed by atoms with Crippen LogP contribution in [0.2, 0.25) is 0 Å². The SMILES string of the molecule is O=c1nc(C2=C(N3CCCC3)SCC2c2ccccc2)oc(-c2ccccc2)c1-c1ccccc1. The van der Waals surface area contributed by atoms with E-state index in [4.69, 9.17) is 4.42 Å². The molecule has 3 aromatic carbocycles. The third kappa shape index (κ3) is 4.21. The molecule has 4 aromatic rings. The van der Waals surface area contributed by atoms with Crippen molar-refractivity contribution in [3.63, 3.8) is 0 Å². The fraction of sp³-hybridized carbons (Fsp3) is 0.200.